The molecule has 0 aliphatic heterocycles. The maximum atomic E-state index is 5.84. The highest BCUT2D eigenvalue weighted by atomic mass is 15.5. The van der Waals surface area contributed by atoms with Crippen LogP contribution in [0.4, 0.5) is 5.82 Å². The first-order valence-electron chi connectivity index (χ1n) is 6.66. The van der Waals surface area contributed by atoms with Crippen molar-refractivity contribution >= 4 is 5.82 Å². The van der Waals surface area contributed by atoms with Gasteiger partial charge in [-0.1, -0.05) is 32.4 Å². The molecular weight excluding hydrogens is 242 g/mol. The number of hydrogen-bond acceptors (Lipinski definition) is 5. The van der Waals surface area contributed by atoms with E-state index >= 15 is 0 Å². The topological polar surface area (TPSA) is 87.4 Å². The monoisotopic (exact) mass is 263 g/mol. The third-order valence-corrected chi connectivity index (χ3v) is 2.88. The summed E-state index contributed by atoms with van der Waals surface area (Å²) < 4.78 is 3.73. The molecule has 7 heteroatoms. The highest BCUT2D eigenvalue weighted by Gasteiger charge is 2.13. The summed E-state index contributed by atoms with van der Waals surface area (Å²) >= 11 is 0. The third kappa shape index (κ3) is 3.10. The average Bonchev–Trinajstić information content (AvgIpc) is 2.91. The van der Waals surface area contributed by atoms with E-state index in [2.05, 4.69) is 41.2 Å². The zero-order chi connectivity index (χ0) is 13.8. The molecule has 0 saturated heterocycles. The Morgan fingerprint density at radius 3 is 2.79 bits per heavy atom. The van der Waals surface area contributed by atoms with Crippen molar-refractivity contribution in [3.63, 3.8) is 0 Å². The molecule has 2 N–H and O–H groups in total. The van der Waals surface area contributed by atoms with Gasteiger partial charge in [0.25, 0.3) is 0 Å². The maximum absolute atomic E-state index is 5.84. The van der Waals surface area contributed by atoms with Crippen LogP contribution in [0.3, 0.4) is 0 Å². The molecule has 0 aromatic carbocycles. The van der Waals surface area contributed by atoms with E-state index in [9.17, 15) is 0 Å². The Kier molecular flexibility index (Phi) is 4.13. The van der Waals surface area contributed by atoms with Crippen LogP contribution < -0.4 is 5.73 Å². The molecule has 2 aromatic rings. The van der Waals surface area contributed by atoms with Gasteiger partial charge in [0.15, 0.2) is 5.82 Å². The predicted molar refractivity (Wildman–Crippen MR) is 72.4 cm³/mol. The van der Waals surface area contributed by atoms with E-state index in [-0.39, 0.29) is 0 Å². The van der Waals surface area contributed by atoms with Crippen LogP contribution in [0, 0.1) is 5.92 Å². The normalized spacial score (nSPS) is 11.4. The lowest BCUT2D eigenvalue weighted by atomic mass is 10.2. The van der Waals surface area contributed by atoms with Crippen molar-refractivity contribution in [2.45, 2.75) is 46.7 Å². The minimum absolute atomic E-state index is 0.511. The highest BCUT2D eigenvalue weighted by Crippen LogP contribution is 2.12. The highest BCUT2D eigenvalue weighted by molar-refractivity contribution is 5.33. The number of aromatic nitrogens is 6. The van der Waals surface area contributed by atoms with Gasteiger partial charge < -0.3 is 5.73 Å². The molecule has 7 nitrogen and oxygen atoms in total. The summed E-state index contributed by atoms with van der Waals surface area (Å²) in [4.78, 5) is 4.30. The summed E-state index contributed by atoms with van der Waals surface area (Å²) in [5.74, 6) is 1.92. The molecule has 0 radical (unpaired) electrons. The predicted octanol–water partition coefficient (Wildman–Crippen LogP) is 1.11. The van der Waals surface area contributed by atoms with Gasteiger partial charge in [-0.25, -0.2) is 14.3 Å². The van der Waals surface area contributed by atoms with E-state index in [1.54, 1.807) is 6.33 Å². The van der Waals surface area contributed by atoms with Crippen molar-refractivity contribution < 1.29 is 0 Å². The smallest absolute Gasteiger partial charge is 0.169 e. The molecule has 104 valence electrons. The molecule has 0 fully saturated rings. The third-order valence-electron chi connectivity index (χ3n) is 2.88. The fourth-order valence-electron chi connectivity index (χ4n) is 2.01. The van der Waals surface area contributed by atoms with Gasteiger partial charge in [0.2, 0.25) is 0 Å². The largest absolute Gasteiger partial charge is 0.381 e. The minimum atomic E-state index is 0.511. The molecular formula is C12H21N7. The summed E-state index contributed by atoms with van der Waals surface area (Å²) in [5, 5.41) is 12.3. The van der Waals surface area contributed by atoms with Crippen LogP contribution in [0.1, 0.15) is 38.7 Å². The maximum Gasteiger partial charge on any atom is 0.169 e. The van der Waals surface area contributed by atoms with Gasteiger partial charge in [-0.2, -0.15) is 5.10 Å². The fraction of sp³-hybridized carbons (Fsp3) is 0.667. The van der Waals surface area contributed by atoms with Gasteiger partial charge in [-0.05, 0) is 12.3 Å². The standard InChI is InChI=1S/C12H21N7/c1-4-5-10-12(13)16-17-18(10)7-11-14-8-15-19(11)6-9(2)3/h8-9H,4-7,13H2,1-3H3. The SMILES string of the molecule is CCCc1c(N)nnn1Cc1ncnn1CC(C)C. The zero-order valence-corrected chi connectivity index (χ0v) is 11.7. The number of nitrogens with zero attached hydrogens (tertiary/aromatic N) is 6. The van der Waals surface area contributed by atoms with Gasteiger partial charge in [0.05, 0.1) is 5.69 Å². The molecule has 19 heavy (non-hydrogen) atoms. The number of hydrogen-bond donors (Lipinski definition) is 1. The van der Waals surface area contributed by atoms with Gasteiger partial charge in [-0.15, -0.1) is 5.10 Å². The number of rotatable bonds is 6. The number of nitrogen functional groups attached to an aromatic ring is 1. The van der Waals surface area contributed by atoms with Crippen LogP contribution >= 0.6 is 0 Å². The first kappa shape index (κ1) is 13.5. The van der Waals surface area contributed by atoms with Gasteiger partial charge in [-0.3, -0.25) is 0 Å². The molecule has 0 spiro atoms. The molecule has 0 atom stereocenters. The van der Waals surface area contributed by atoms with Crippen molar-refractivity contribution in [3.05, 3.63) is 17.8 Å². The molecule has 0 aliphatic rings. The Hall–Kier alpha value is -1.92. The lowest BCUT2D eigenvalue weighted by molar-refractivity contribution is 0.452. The van der Waals surface area contributed by atoms with Gasteiger partial charge in [0, 0.05) is 6.54 Å². The molecule has 2 heterocycles. The Morgan fingerprint density at radius 1 is 1.32 bits per heavy atom. The lowest BCUT2D eigenvalue weighted by Crippen LogP contribution is -2.15. The van der Waals surface area contributed by atoms with E-state index in [4.69, 9.17) is 5.73 Å². The quantitative estimate of drug-likeness (QED) is 0.843. The fourth-order valence-corrected chi connectivity index (χ4v) is 2.01. The molecule has 0 unspecified atom stereocenters. The van der Waals surface area contributed by atoms with Crippen molar-refractivity contribution in [1.29, 1.82) is 0 Å². The number of anilines is 1. The van der Waals surface area contributed by atoms with Crippen molar-refractivity contribution in [3.8, 4) is 0 Å². The van der Waals surface area contributed by atoms with E-state index in [0.717, 1.165) is 30.9 Å². The van der Waals surface area contributed by atoms with Crippen LogP contribution in [-0.4, -0.2) is 29.8 Å². The summed E-state index contributed by atoms with van der Waals surface area (Å²) in [5.41, 5.74) is 6.81. The molecule has 0 bridgehead atoms. The van der Waals surface area contributed by atoms with Crippen LogP contribution in [0.2, 0.25) is 0 Å². The lowest BCUT2D eigenvalue weighted by Gasteiger charge is -2.09. The number of nitrogens with two attached hydrogens (primary N) is 1. The Balaban J connectivity index is 2.19. The summed E-state index contributed by atoms with van der Waals surface area (Å²) in [6.45, 7) is 7.83. The average molecular weight is 263 g/mol. The van der Waals surface area contributed by atoms with E-state index in [1.807, 2.05) is 9.36 Å². The van der Waals surface area contributed by atoms with E-state index in [1.165, 1.54) is 0 Å². The van der Waals surface area contributed by atoms with Crippen LogP contribution in [0.5, 0.6) is 0 Å². The summed E-state index contributed by atoms with van der Waals surface area (Å²) in [6.07, 6.45) is 3.46. The van der Waals surface area contributed by atoms with Crippen molar-refractivity contribution in [2.24, 2.45) is 5.92 Å². The second-order valence-electron chi connectivity index (χ2n) is 5.08. The Labute approximate surface area is 112 Å². The van der Waals surface area contributed by atoms with Gasteiger partial charge in [0.1, 0.15) is 18.7 Å². The van der Waals surface area contributed by atoms with Crippen molar-refractivity contribution in [1.82, 2.24) is 29.8 Å². The zero-order valence-electron chi connectivity index (χ0n) is 11.7. The molecule has 0 amide bonds. The Bertz CT molecular complexity index is 526. The molecule has 2 aromatic heterocycles. The second kappa shape index (κ2) is 5.81. The van der Waals surface area contributed by atoms with Crippen LogP contribution in [-0.2, 0) is 19.5 Å². The Morgan fingerprint density at radius 2 is 2.11 bits per heavy atom. The summed E-state index contributed by atoms with van der Waals surface area (Å²) in [6, 6.07) is 0. The van der Waals surface area contributed by atoms with E-state index < -0.39 is 0 Å². The first-order valence-corrected chi connectivity index (χ1v) is 6.66. The van der Waals surface area contributed by atoms with Crippen LogP contribution in [0.15, 0.2) is 6.33 Å². The van der Waals surface area contributed by atoms with Crippen molar-refractivity contribution in [2.75, 3.05) is 5.73 Å². The van der Waals surface area contributed by atoms with Gasteiger partial charge >= 0.3 is 0 Å². The first-order chi connectivity index (χ1) is 9.11. The molecule has 0 aliphatic carbocycles. The minimum Gasteiger partial charge on any atom is -0.381 e. The second-order valence-corrected chi connectivity index (χ2v) is 5.08. The molecule has 0 saturated carbocycles. The van der Waals surface area contributed by atoms with Crippen LogP contribution in [0.25, 0.3) is 0 Å². The molecule has 2 rings (SSSR count). The summed E-state index contributed by atoms with van der Waals surface area (Å²) in [7, 11) is 0. The van der Waals surface area contributed by atoms with E-state index in [0.29, 0.717) is 18.3 Å².